The highest BCUT2D eigenvalue weighted by Crippen LogP contribution is 2.35. The summed E-state index contributed by atoms with van der Waals surface area (Å²) in [5, 5.41) is 8.37. The van der Waals surface area contributed by atoms with Gasteiger partial charge in [0, 0.05) is 17.3 Å². The Balaban J connectivity index is 2.09. The highest BCUT2D eigenvalue weighted by Gasteiger charge is 2.22. The van der Waals surface area contributed by atoms with Crippen molar-refractivity contribution in [3.63, 3.8) is 0 Å². The van der Waals surface area contributed by atoms with Gasteiger partial charge in [-0.3, -0.25) is 0 Å². The molecule has 1 aliphatic rings. The maximum Gasteiger partial charge on any atom is 0.166 e. The monoisotopic (exact) mass is 242 g/mol. The van der Waals surface area contributed by atoms with E-state index in [1.165, 1.54) is 25.7 Å². The highest BCUT2D eigenvalue weighted by atomic mass is 15.3. The first-order valence-electron chi connectivity index (χ1n) is 6.52. The summed E-state index contributed by atoms with van der Waals surface area (Å²) < 4.78 is 2.20. The fourth-order valence-corrected chi connectivity index (χ4v) is 2.87. The molecule has 18 heavy (non-hydrogen) atoms. The van der Waals surface area contributed by atoms with Gasteiger partial charge < -0.3 is 10.3 Å². The molecule has 1 saturated carbocycles. The van der Waals surface area contributed by atoms with E-state index in [0.29, 0.717) is 6.04 Å². The van der Waals surface area contributed by atoms with Crippen LogP contribution in [0.2, 0.25) is 0 Å². The van der Waals surface area contributed by atoms with Gasteiger partial charge in [-0.1, -0.05) is 25.0 Å². The number of rotatable bonds is 2. The standard InChI is InChI=1S/C14H18N4/c1-10-5-4-8-12(15)13(10)14-17-16-9-18(14)11-6-2-3-7-11/h4-5,8-9,11H,2-3,6-7,15H2,1H3. The molecule has 4 nitrogen and oxygen atoms in total. The third-order valence-corrected chi connectivity index (χ3v) is 3.82. The van der Waals surface area contributed by atoms with Crippen molar-refractivity contribution in [1.82, 2.24) is 14.8 Å². The van der Waals surface area contributed by atoms with Crippen molar-refractivity contribution in [2.24, 2.45) is 0 Å². The van der Waals surface area contributed by atoms with Gasteiger partial charge in [0.25, 0.3) is 0 Å². The zero-order chi connectivity index (χ0) is 12.5. The van der Waals surface area contributed by atoms with Crippen LogP contribution < -0.4 is 5.73 Å². The fraction of sp³-hybridized carbons (Fsp3) is 0.429. The number of hydrogen-bond donors (Lipinski definition) is 1. The van der Waals surface area contributed by atoms with Crippen LogP contribution in [0.3, 0.4) is 0 Å². The summed E-state index contributed by atoms with van der Waals surface area (Å²) in [5.74, 6) is 0.914. The largest absolute Gasteiger partial charge is 0.398 e. The molecular formula is C14H18N4. The number of aryl methyl sites for hydroxylation is 1. The van der Waals surface area contributed by atoms with E-state index in [1.54, 1.807) is 0 Å². The molecule has 1 aromatic heterocycles. The van der Waals surface area contributed by atoms with E-state index in [1.807, 2.05) is 18.5 Å². The molecule has 0 atom stereocenters. The lowest BCUT2D eigenvalue weighted by atomic mass is 10.1. The van der Waals surface area contributed by atoms with Gasteiger partial charge in [-0.05, 0) is 31.4 Å². The molecule has 0 saturated heterocycles. The lowest BCUT2D eigenvalue weighted by Gasteiger charge is -2.15. The van der Waals surface area contributed by atoms with E-state index in [0.717, 1.165) is 22.6 Å². The van der Waals surface area contributed by atoms with Gasteiger partial charge in [0.1, 0.15) is 6.33 Å². The summed E-state index contributed by atoms with van der Waals surface area (Å²) in [4.78, 5) is 0. The zero-order valence-electron chi connectivity index (χ0n) is 10.6. The number of nitrogens with two attached hydrogens (primary N) is 1. The number of hydrogen-bond acceptors (Lipinski definition) is 3. The van der Waals surface area contributed by atoms with Crippen LogP contribution in [-0.4, -0.2) is 14.8 Å². The summed E-state index contributed by atoms with van der Waals surface area (Å²) in [7, 11) is 0. The Bertz CT molecular complexity index is 532. The first-order valence-corrected chi connectivity index (χ1v) is 6.52. The molecule has 2 N–H and O–H groups in total. The molecular weight excluding hydrogens is 224 g/mol. The topological polar surface area (TPSA) is 56.7 Å². The van der Waals surface area contributed by atoms with Gasteiger partial charge in [0.2, 0.25) is 0 Å². The molecule has 0 radical (unpaired) electrons. The van der Waals surface area contributed by atoms with Crippen molar-refractivity contribution in [1.29, 1.82) is 0 Å². The number of nitrogens with zero attached hydrogens (tertiary/aromatic N) is 3. The van der Waals surface area contributed by atoms with Crippen LogP contribution in [0.25, 0.3) is 11.4 Å². The minimum Gasteiger partial charge on any atom is -0.398 e. The number of aromatic nitrogens is 3. The van der Waals surface area contributed by atoms with E-state index in [2.05, 4.69) is 27.8 Å². The predicted molar refractivity (Wildman–Crippen MR) is 72.1 cm³/mol. The van der Waals surface area contributed by atoms with Crippen LogP contribution in [-0.2, 0) is 0 Å². The second-order valence-corrected chi connectivity index (χ2v) is 5.04. The second kappa shape index (κ2) is 4.44. The molecule has 3 rings (SSSR count). The minimum atomic E-state index is 0.536. The van der Waals surface area contributed by atoms with Gasteiger partial charge in [-0.25, -0.2) is 0 Å². The number of anilines is 1. The lowest BCUT2D eigenvalue weighted by Crippen LogP contribution is -2.07. The molecule has 1 heterocycles. The maximum absolute atomic E-state index is 6.10. The number of nitrogen functional groups attached to an aromatic ring is 1. The quantitative estimate of drug-likeness (QED) is 0.824. The zero-order valence-corrected chi connectivity index (χ0v) is 10.6. The Morgan fingerprint density at radius 1 is 1.28 bits per heavy atom. The van der Waals surface area contributed by atoms with E-state index < -0.39 is 0 Å². The first-order chi connectivity index (χ1) is 8.77. The Morgan fingerprint density at radius 2 is 2.06 bits per heavy atom. The highest BCUT2D eigenvalue weighted by molar-refractivity contribution is 5.74. The van der Waals surface area contributed by atoms with Crippen LogP contribution >= 0.6 is 0 Å². The third kappa shape index (κ3) is 1.78. The van der Waals surface area contributed by atoms with Gasteiger partial charge in [-0.2, -0.15) is 0 Å². The van der Waals surface area contributed by atoms with E-state index in [4.69, 9.17) is 5.73 Å². The minimum absolute atomic E-state index is 0.536. The molecule has 94 valence electrons. The summed E-state index contributed by atoms with van der Waals surface area (Å²) in [6, 6.07) is 6.51. The van der Waals surface area contributed by atoms with Crippen molar-refractivity contribution in [3.8, 4) is 11.4 Å². The van der Waals surface area contributed by atoms with Crippen LogP contribution in [0.1, 0.15) is 37.3 Å². The fourth-order valence-electron chi connectivity index (χ4n) is 2.87. The van der Waals surface area contributed by atoms with E-state index >= 15 is 0 Å². The second-order valence-electron chi connectivity index (χ2n) is 5.04. The SMILES string of the molecule is Cc1cccc(N)c1-c1nncn1C1CCCC1. The normalized spacial score (nSPS) is 16.3. The average Bonchev–Trinajstić information content (AvgIpc) is 2.98. The molecule has 4 heteroatoms. The molecule has 1 aliphatic carbocycles. The predicted octanol–water partition coefficient (Wildman–Crippen LogP) is 2.95. The summed E-state index contributed by atoms with van der Waals surface area (Å²) in [6.45, 7) is 2.07. The van der Waals surface area contributed by atoms with Crippen LogP contribution in [0.5, 0.6) is 0 Å². The van der Waals surface area contributed by atoms with E-state index in [9.17, 15) is 0 Å². The van der Waals surface area contributed by atoms with Gasteiger partial charge in [0.05, 0.1) is 0 Å². The Morgan fingerprint density at radius 3 is 2.78 bits per heavy atom. The lowest BCUT2D eigenvalue weighted by molar-refractivity contribution is 0.522. The summed E-state index contributed by atoms with van der Waals surface area (Å²) in [5.41, 5.74) is 9.06. The first kappa shape index (κ1) is 11.3. The molecule has 0 unspecified atom stereocenters. The van der Waals surface area contributed by atoms with Crippen LogP contribution in [0, 0.1) is 6.92 Å². The van der Waals surface area contributed by atoms with Gasteiger partial charge >= 0.3 is 0 Å². The van der Waals surface area contributed by atoms with Crippen molar-refractivity contribution in [2.75, 3.05) is 5.73 Å². The van der Waals surface area contributed by atoms with Crippen molar-refractivity contribution in [2.45, 2.75) is 38.6 Å². The maximum atomic E-state index is 6.10. The molecule has 0 spiro atoms. The molecule has 0 aliphatic heterocycles. The average molecular weight is 242 g/mol. The number of benzene rings is 1. The van der Waals surface area contributed by atoms with Crippen molar-refractivity contribution in [3.05, 3.63) is 30.1 Å². The van der Waals surface area contributed by atoms with Crippen molar-refractivity contribution < 1.29 is 0 Å². The van der Waals surface area contributed by atoms with Gasteiger partial charge in [-0.15, -0.1) is 10.2 Å². The molecule has 0 bridgehead atoms. The van der Waals surface area contributed by atoms with Crippen LogP contribution in [0.15, 0.2) is 24.5 Å². The van der Waals surface area contributed by atoms with Crippen molar-refractivity contribution >= 4 is 5.69 Å². The van der Waals surface area contributed by atoms with Crippen LogP contribution in [0.4, 0.5) is 5.69 Å². The summed E-state index contributed by atoms with van der Waals surface area (Å²) >= 11 is 0. The molecule has 1 aromatic carbocycles. The third-order valence-electron chi connectivity index (χ3n) is 3.82. The Kier molecular flexibility index (Phi) is 2.78. The van der Waals surface area contributed by atoms with Gasteiger partial charge in [0.15, 0.2) is 5.82 Å². The van der Waals surface area contributed by atoms with E-state index in [-0.39, 0.29) is 0 Å². The Labute approximate surface area is 107 Å². The molecule has 2 aromatic rings. The molecule has 0 amide bonds. The smallest absolute Gasteiger partial charge is 0.166 e. The Hall–Kier alpha value is -1.84. The molecule has 1 fully saturated rings. The summed E-state index contributed by atoms with van der Waals surface area (Å²) in [6.07, 6.45) is 6.88.